The Hall–Kier alpha value is -1.13. The number of nitrogens with one attached hydrogen (secondary N) is 1. The van der Waals surface area contributed by atoms with Crippen LogP contribution >= 0.6 is 11.3 Å². The van der Waals surface area contributed by atoms with E-state index in [1.54, 1.807) is 11.3 Å². The topological polar surface area (TPSA) is 29.9 Å². The molecule has 4 heteroatoms. The zero-order valence-electron chi connectivity index (χ0n) is 8.81. The highest BCUT2D eigenvalue weighted by molar-refractivity contribution is 7.09. The van der Waals surface area contributed by atoms with Gasteiger partial charge < -0.3 is 9.88 Å². The maximum atomic E-state index is 4.34. The van der Waals surface area contributed by atoms with E-state index in [0.717, 1.165) is 25.3 Å². The van der Waals surface area contributed by atoms with Crippen LogP contribution in [0.5, 0.6) is 0 Å². The number of aromatic nitrogens is 2. The van der Waals surface area contributed by atoms with Crippen LogP contribution in [0.2, 0.25) is 0 Å². The lowest BCUT2D eigenvalue weighted by atomic mass is 10.4. The number of thiophene rings is 1. The predicted octanol–water partition coefficient (Wildman–Crippen LogP) is 2.10. The molecule has 0 unspecified atom stereocenters. The van der Waals surface area contributed by atoms with E-state index in [4.69, 9.17) is 0 Å². The van der Waals surface area contributed by atoms with Crippen LogP contribution in [0, 0.1) is 0 Å². The lowest BCUT2D eigenvalue weighted by molar-refractivity contribution is 0.712. The number of rotatable bonds is 5. The zero-order chi connectivity index (χ0) is 10.5. The predicted molar refractivity (Wildman–Crippen MR) is 63.0 cm³/mol. The van der Waals surface area contributed by atoms with Crippen LogP contribution in [0.1, 0.15) is 17.5 Å². The monoisotopic (exact) mass is 221 g/mol. The van der Waals surface area contributed by atoms with E-state index in [9.17, 15) is 0 Å². The van der Waals surface area contributed by atoms with Gasteiger partial charge in [-0.15, -0.1) is 11.3 Å². The lowest BCUT2D eigenvalue weighted by Crippen LogP contribution is -2.11. The van der Waals surface area contributed by atoms with Crippen molar-refractivity contribution in [2.24, 2.45) is 0 Å². The van der Waals surface area contributed by atoms with Crippen molar-refractivity contribution >= 4 is 11.3 Å². The SMILES string of the molecule is CCNCc1cn(Cc2cccs2)cn1. The van der Waals surface area contributed by atoms with Gasteiger partial charge in [0.05, 0.1) is 18.6 Å². The van der Waals surface area contributed by atoms with Crippen molar-refractivity contribution in [2.45, 2.75) is 20.0 Å². The van der Waals surface area contributed by atoms with Crippen LogP contribution in [0.4, 0.5) is 0 Å². The first-order valence-corrected chi connectivity index (χ1v) is 6.00. The van der Waals surface area contributed by atoms with Crippen molar-refractivity contribution in [1.29, 1.82) is 0 Å². The molecule has 0 atom stereocenters. The molecule has 0 saturated carbocycles. The van der Waals surface area contributed by atoms with Gasteiger partial charge in [-0.1, -0.05) is 13.0 Å². The smallest absolute Gasteiger partial charge is 0.0953 e. The highest BCUT2D eigenvalue weighted by Crippen LogP contribution is 2.10. The van der Waals surface area contributed by atoms with E-state index < -0.39 is 0 Å². The lowest BCUT2D eigenvalue weighted by Gasteiger charge is -1.98. The van der Waals surface area contributed by atoms with E-state index in [2.05, 4.69) is 45.5 Å². The highest BCUT2D eigenvalue weighted by atomic mass is 32.1. The Morgan fingerprint density at radius 2 is 2.47 bits per heavy atom. The summed E-state index contributed by atoms with van der Waals surface area (Å²) in [5.74, 6) is 0. The van der Waals surface area contributed by atoms with E-state index in [1.807, 2.05) is 6.33 Å². The van der Waals surface area contributed by atoms with Crippen molar-refractivity contribution in [3.63, 3.8) is 0 Å². The van der Waals surface area contributed by atoms with Gasteiger partial charge in [0.15, 0.2) is 0 Å². The largest absolute Gasteiger partial charge is 0.332 e. The molecule has 80 valence electrons. The summed E-state index contributed by atoms with van der Waals surface area (Å²) >= 11 is 1.78. The molecule has 0 fully saturated rings. The summed E-state index contributed by atoms with van der Waals surface area (Å²) in [7, 11) is 0. The van der Waals surface area contributed by atoms with Crippen molar-refractivity contribution in [1.82, 2.24) is 14.9 Å². The van der Waals surface area contributed by atoms with Crippen molar-refractivity contribution in [3.8, 4) is 0 Å². The van der Waals surface area contributed by atoms with Gasteiger partial charge in [-0.3, -0.25) is 0 Å². The molecular weight excluding hydrogens is 206 g/mol. The fraction of sp³-hybridized carbons (Fsp3) is 0.364. The molecule has 2 rings (SSSR count). The third-order valence-corrected chi connectivity index (χ3v) is 3.02. The van der Waals surface area contributed by atoms with Crippen molar-refractivity contribution < 1.29 is 0 Å². The van der Waals surface area contributed by atoms with Gasteiger partial charge >= 0.3 is 0 Å². The van der Waals surface area contributed by atoms with E-state index in [-0.39, 0.29) is 0 Å². The van der Waals surface area contributed by atoms with Crippen LogP contribution in [0.25, 0.3) is 0 Å². The molecule has 1 N–H and O–H groups in total. The Morgan fingerprint density at radius 3 is 3.20 bits per heavy atom. The van der Waals surface area contributed by atoms with Crippen LogP contribution < -0.4 is 5.32 Å². The average molecular weight is 221 g/mol. The molecule has 15 heavy (non-hydrogen) atoms. The second kappa shape index (κ2) is 5.09. The van der Waals surface area contributed by atoms with Crippen LogP contribution in [-0.2, 0) is 13.1 Å². The molecule has 0 amide bonds. The van der Waals surface area contributed by atoms with E-state index >= 15 is 0 Å². The first-order valence-electron chi connectivity index (χ1n) is 5.12. The fourth-order valence-electron chi connectivity index (χ4n) is 1.42. The average Bonchev–Trinajstić information content (AvgIpc) is 2.87. The molecule has 2 aromatic heterocycles. The second-order valence-electron chi connectivity index (χ2n) is 3.40. The molecule has 3 nitrogen and oxygen atoms in total. The molecular formula is C11H15N3S. The number of hydrogen-bond acceptors (Lipinski definition) is 3. The fourth-order valence-corrected chi connectivity index (χ4v) is 2.13. The van der Waals surface area contributed by atoms with Gasteiger partial charge in [0, 0.05) is 17.6 Å². The molecule has 0 aliphatic rings. The first-order chi connectivity index (χ1) is 7.38. The summed E-state index contributed by atoms with van der Waals surface area (Å²) in [5, 5.41) is 5.37. The second-order valence-corrected chi connectivity index (χ2v) is 4.43. The summed E-state index contributed by atoms with van der Waals surface area (Å²) < 4.78 is 2.12. The van der Waals surface area contributed by atoms with Gasteiger partial charge in [0.25, 0.3) is 0 Å². The maximum absolute atomic E-state index is 4.34. The molecule has 0 saturated heterocycles. The highest BCUT2D eigenvalue weighted by Gasteiger charge is 1.99. The Balaban J connectivity index is 1.95. The molecule has 0 aliphatic carbocycles. The molecule has 0 aliphatic heterocycles. The van der Waals surface area contributed by atoms with Crippen LogP contribution in [0.3, 0.4) is 0 Å². The first kappa shape index (κ1) is 10.4. The van der Waals surface area contributed by atoms with Crippen LogP contribution in [0.15, 0.2) is 30.0 Å². The van der Waals surface area contributed by atoms with Crippen molar-refractivity contribution in [3.05, 3.63) is 40.6 Å². The molecule has 2 heterocycles. The third-order valence-electron chi connectivity index (χ3n) is 2.16. The molecule has 0 spiro atoms. The number of hydrogen-bond donors (Lipinski definition) is 1. The number of nitrogens with zero attached hydrogens (tertiary/aromatic N) is 2. The standard InChI is InChI=1S/C11H15N3S/c1-2-12-6-10-7-14(9-13-10)8-11-4-3-5-15-11/h3-5,7,9,12H,2,6,8H2,1H3. The van der Waals surface area contributed by atoms with E-state index in [1.165, 1.54) is 4.88 Å². The third kappa shape index (κ3) is 2.91. The number of imidazole rings is 1. The molecule has 0 bridgehead atoms. The van der Waals surface area contributed by atoms with Gasteiger partial charge in [-0.25, -0.2) is 4.98 Å². The molecule has 0 radical (unpaired) electrons. The van der Waals surface area contributed by atoms with Gasteiger partial charge in [-0.05, 0) is 18.0 Å². The summed E-state index contributed by atoms with van der Waals surface area (Å²) in [6.07, 6.45) is 3.99. The van der Waals surface area contributed by atoms with Gasteiger partial charge in [0.1, 0.15) is 0 Å². The van der Waals surface area contributed by atoms with Crippen molar-refractivity contribution in [2.75, 3.05) is 6.54 Å². The summed E-state index contributed by atoms with van der Waals surface area (Å²) in [5.41, 5.74) is 1.11. The van der Waals surface area contributed by atoms with Gasteiger partial charge in [0.2, 0.25) is 0 Å². The Kier molecular flexibility index (Phi) is 3.53. The summed E-state index contributed by atoms with van der Waals surface area (Å²) in [4.78, 5) is 5.70. The maximum Gasteiger partial charge on any atom is 0.0953 e. The normalized spacial score (nSPS) is 10.7. The summed E-state index contributed by atoms with van der Waals surface area (Å²) in [6, 6.07) is 4.23. The minimum Gasteiger partial charge on any atom is -0.332 e. The quantitative estimate of drug-likeness (QED) is 0.838. The Labute approximate surface area is 93.8 Å². The minimum absolute atomic E-state index is 0.855. The Morgan fingerprint density at radius 1 is 1.53 bits per heavy atom. The molecule has 2 aromatic rings. The van der Waals surface area contributed by atoms with E-state index in [0.29, 0.717) is 0 Å². The minimum atomic E-state index is 0.855. The zero-order valence-corrected chi connectivity index (χ0v) is 9.63. The summed E-state index contributed by atoms with van der Waals surface area (Å²) in [6.45, 7) is 4.87. The van der Waals surface area contributed by atoms with Gasteiger partial charge in [-0.2, -0.15) is 0 Å². The molecule has 0 aromatic carbocycles. The Bertz CT molecular complexity index is 392. The van der Waals surface area contributed by atoms with Crippen LogP contribution in [-0.4, -0.2) is 16.1 Å².